The Balaban J connectivity index is 1.93. The van der Waals surface area contributed by atoms with Gasteiger partial charge in [-0.25, -0.2) is 13.5 Å². The molecule has 0 atom stereocenters. The molecule has 0 aliphatic carbocycles. The highest BCUT2D eigenvalue weighted by Crippen LogP contribution is 2.12. The maximum absolute atomic E-state index is 13.1. The second kappa shape index (κ2) is 6.99. The van der Waals surface area contributed by atoms with E-state index >= 15 is 0 Å². The smallest absolute Gasteiger partial charge is 0.251 e. The lowest BCUT2D eigenvalue weighted by Crippen LogP contribution is -2.33. The van der Waals surface area contributed by atoms with Gasteiger partial charge >= 0.3 is 0 Å². The average Bonchev–Trinajstić information content (AvgIpc) is 2.92. The first-order valence-corrected chi connectivity index (χ1v) is 6.94. The van der Waals surface area contributed by atoms with Crippen molar-refractivity contribution in [2.45, 2.75) is 19.9 Å². The first-order chi connectivity index (χ1) is 10.9. The van der Waals surface area contributed by atoms with E-state index in [0.29, 0.717) is 11.9 Å². The van der Waals surface area contributed by atoms with Gasteiger partial charge in [0.05, 0.1) is 12.7 Å². The van der Waals surface area contributed by atoms with Crippen molar-refractivity contribution in [3.8, 4) is 0 Å². The molecule has 1 aromatic carbocycles. The van der Waals surface area contributed by atoms with Gasteiger partial charge in [-0.1, -0.05) is 0 Å². The minimum Gasteiger partial charge on any atom is -0.343 e. The number of halogens is 2. The summed E-state index contributed by atoms with van der Waals surface area (Å²) in [4.78, 5) is 23.6. The summed E-state index contributed by atoms with van der Waals surface area (Å²) in [7, 11) is 0. The highest BCUT2D eigenvalue weighted by atomic mass is 19.1. The van der Waals surface area contributed by atoms with Gasteiger partial charge in [-0.15, -0.1) is 0 Å². The van der Waals surface area contributed by atoms with Crippen LogP contribution in [0.3, 0.4) is 0 Å². The maximum Gasteiger partial charge on any atom is 0.251 e. The summed E-state index contributed by atoms with van der Waals surface area (Å²) >= 11 is 0. The number of nitrogens with one attached hydrogen (secondary N) is 2. The Labute approximate surface area is 131 Å². The van der Waals surface area contributed by atoms with E-state index in [2.05, 4.69) is 15.7 Å². The van der Waals surface area contributed by atoms with Crippen molar-refractivity contribution in [2.24, 2.45) is 0 Å². The molecule has 0 aliphatic rings. The maximum atomic E-state index is 13.1. The van der Waals surface area contributed by atoms with Crippen LogP contribution in [0.4, 0.5) is 14.6 Å². The molecule has 2 aromatic rings. The molecule has 2 N–H and O–H groups in total. The lowest BCUT2D eigenvalue weighted by atomic mass is 10.2. The molecule has 1 aromatic heterocycles. The topological polar surface area (TPSA) is 76.0 Å². The van der Waals surface area contributed by atoms with Crippen molar-refractivity contribution in [1.29, 1.82) is 0 Å². The van der Waals surface area contributed by atoms with E-state index < -0.39 is 23.4 Å². The molecule has 8 heteroatoms. The van der Waals surface area contributed by atoms with Crippen LogP contribution in [0.5, 0.6) is 0 Å². The fourth-order valence-corrected chi connectivity index (χ4v) is 1.96. The van der Waals surface area contributed by atoms with Crippen molar-refractivity contribution in [3.05, 3.63) is 47.7 Å². The monoisotopic (exact) mass is 322 g/mol. The van der Waals surface area contributed by atoms with Crippen LogP contribution in [0.15, 0.2) is 30.5 Å². The van der Waals surface area contributed by atoms with Gasteiger partial charge in [-0.2, -0.15) is 5.10 Å². The van der Waals surface area contributed by atoms with E-state index in [-0.39, 0.29) is 18.2 Å². The first kappa shape index (κ1) is 16.6. The largest absolute Gasteiger partial charge is 0.343 e. The molecular formula is C15H16F2N4O2. The second-order valence-electron chi connectivity index (χ2n) is 5.14. The minimum atomic E-state index is -0.861. The van der Waals surface area contributed by atoms with Gasteiger partial charge in [0.25, 0.3) is 5.91 Å². The van der Waals surface area contributed by atoms with E-state index in [1.165, 1.54) is 0 Å². The van der Waals surface area contributed by atoms with Gasteiger partial charge in [-0.05, 0) is 26.0 Å². The summed E-state index contributed by atoms with van der Waals surface area (Å²) in [6.45, 7) is 3.48. The van der Waals surface area contributed by atoms with E-state index in [4.69, 9.17) is 0 Å². The first-order valence-electron chi connectivity index (χ1n) is 6.94. The Morgan fingerprint density at radius 3 is 2.48 bits per heavy atom. The van der Waals surface area contributed by atoms with Gasteiger partial charge in [0, 0.05) is 23.7 Å². The number of anilines is 1. The minimum absolute atomic E-state index is 0.0603. The molecule has 0 saturated heterocycles. The van der Waals surface area contributed by atoms with Crippen LogP contribution in [0, 0.1) is 11.6 Å². The lowest BCUT2D eigenvalue weighted by Gasteiger charge is -2.12. The Bertz CT molecular complexity index is 708. The Kier molecular flexibility index (Phi) is 5.05. The van der Waals surface area contributed by atoms with Gasteiger partial charge in [-0.3, -0.25) is 9.59 Å². The Hall–Kier alpha value is -2.77. The molecule has 0 aliphatic heterocycles. The Morgan fingerprint density at radius 2 is 1.87 bits per heavy atom. The van der Waals surface area contributed by atoms with Crippen LogP contribution >= 0.6 is 0 Å². The summed E-state index contributed by atoms with van der Waals surface area (Å²) < 4.78 is 27.7. The summed E-state index contributed by atoms with van der Waals surface area (Å²) in [5, 5.41) is 8.96. The van der Waals surface area contributed by atoms with Crippen molar-refractivity contribution in [2.75, 3.05) is 11.9 Å². The summed E-state index contributed by atoms with van der Waals surface area (Å²) in [6.07, 6.45) is 1.55. The van der Waals surface area contributed by atoms with E-state index in [1.807, 2.05) is 13.8 Å². The van der Waals surface area contributed by atoms with Crippen LogP contribution in [-0.2, 0) is 4.79 Å². The standard InChI is InChI=1S/C15H16F2N4O2/c1-9(2)21-13(3-4-19-21)20-14(22)8-18-15(23)10-5-11(16)7-12(17)6-10/h3-7,9H,8H2,1-2H3,(H,18,23)(H,20,22). The molecule has 0 radical (unpaired) electrons. The lowest BCUT2D eigenvalue weighted by molar-refractivity contribution is -0.115. The number of nitrogens with zero attached hydrogens (tertiary/aromatic N) is 2. The molecule has 0 bridgehead atoms. The number of carbonyl (C=O) groups excluding carboxylic acids is 2. The number of hydrogen-bond donors (Lipinski definition) is 2. The third-order valence-electron chi connectivity index (χ3n) is 2.96. The quantitative estimate of drug-likeness (QED) is 0.885. The molecule has 0 spiro atoms. The molecule has 23 heavy (non-hydrogen) atoms. The number of rotatable bonds is 5. The van der Waals surface area contributed by atoms with E-state index in [1.54, 1.807) is 16.9 Å². The highest BCUT2D eigenvalue weighted by molar-refractivity contribution is 5.99. The zero-order valence-electron chi connectivity index (χ0n) is 12.6. The molecule has 0 saturated carbocycles. The van der Waals surface area contributed by atoms with Crippen molar-refractivity contribution < 1.29 is 18.4 Å². The number of benzene rings is 1. The summed E-state index contributed by atoms with van der Waals surface area (Å²) in [5.74, 6) is -2.44. The van der Waals surface area contributed by atoms with Crippen molar-refractivity contribution in [1.82, 2.24) is 15.1 Å². The molecule has 2 amide bonds. The fourth-order valence-electron chi connectivity index (χ4n) is 1.96. The fraction of sp³-hybridized carbons (Fsp3) is 0.267. The number of aromatic nitrogens is 2. The predicted octanol–water partition coefficient (Wildman–Crippen LogP) is 2.11. The molecule has 6 nitrogen and oxygen atoms in total. The molecular weight excluding hydrogens is 306 g/mol. The number of amides is 2. The number of hydrogen-bond acceptors (Lipinski definition) is 3. The zero-order valence-corrected chi connectivity index (χ0v) is 12.6. The summed E-state index contributed by atoms with van der Waals surface area (Å²) in [5.41, 5.74) is -0.192. The molecule has 1 heterocycles. The number of carbonyl (C=O) groups is 2. The molecule has 122 valence electrons. The van der Waals surface area contributed by atoms with Crippen molar-refractivity contribution in [3.63, 3.8) is 0 Å². The van der Waals surface area contributed by atoms with Gasteiger partial charge < -0.3 is 10.6 Å². The highest BCUT2D eigenvalue weighted by Gasteiger charge is 2.13. The zero-order chi connectivity index (χ0) is 17.0. The SMILES string of the molecule is CC(C)n1nccc1NC(=O)CNC(=O)c1cc(F)cc(F)c1. The van der Waals surface area contributed by atoms with E-state index in [0.717, 1.165) is 12.1 Å². The second-order valence-corrected chi connectivity index (χ2v) is 5.14. The van der Waals surface area contributed by atoms with Crippen LogP contribution in [0.25, 0.3) is 0 Å². The normalized spacial score (nSPS) is 10.7. The third kappa shape index (κ3) is 4.35. The third-order valence-corrected chi connectivity index (χ3v) is 2.96. The van der Waals surface area contributed by atoms with Crippen LogP contribution in [0.2, 0.25) is 0 Å². The molecule has 2 rings (SSSR count). The van der Waals surface area contributed by atoms with Crippen LogP contribution in [0.1, 0.15) is 30.2 Å². The van der Waals surface area contributed by atoms with Crippen molar-refractivity contribution >= 4 is 17.6 Å². The van der Waals surface area contributed by atoms with Gasteiger partial charge in [0.15, 0.2) is 0 Å². The Morgan fingerprint density at radius 1 is 1.22 bits per heavy atom. The average molecular weight is 322 g/mol. The molecule has 0 fully saturated rings. The van der Waals surface area contributed by atoms with Crippen LogP contribution in [-0.4, -0.2) is 28.1 Å². The van der Waals surface area contributed by atoms with Gasteiger partial charge in [0.1, 0.15) is 17.5 Å². The summed E-state index contributed by atoms with van der Waals surface area (Å²) in [6, 6.07) is 4.14. The van der Waals surface area contributed by atoms with Crippen LogP contribution < -0.4 is 10.6 Å². The van der Waals surface area contributed by atoms with Gasteiger partial charge in [0.2, 0.25) is 5.91 Å². The van der Waals surface area contributed by atoms with E-state index in [9.17, 15) is 18.4 Å². The predicted molar refractivity (Wildman–Crippen MR) is 79.9 cm³/mol. The molecule has 0 unspecified atom stereocenters.